The second kappa shape index (κ2) is 7.73. The minimum absolute atomic E-state index is 0.0541. The number of aryl methyl sites for hydroxylation is 2. The molecule has 0 N–H and O–H groups in total. The first-order chi connectivity index (χ1) is 15.6. The van der Waals surface area contributed by atoms with Crippen LogP contribution in [0.1, 0.15) is 76.4 Å². The Morgan fingerprint density at radius 2 is 1.88 bits per heavy atom. The van der Waals surface area contributed by atoms with Gasteiger partial charge in [-0.25, -0.2) is 9.97 Å². The summed E-state index contributed by atoms with van der Waals surface area (Å²) in [7, 11) is 0. The van der Waals surface area contributed by atoms with Crippen molar-refractivity contribution in [2.24, 2.45) is 0 Å². The zero-order valence-corrected chi connectivity index (χ0v) is 19.3. The Morgan fingerprint density at radius 1 is 1.06 bits per heavy atom. The van der Waals surface area contributed by atoms with Gasteiger partial charge in [0, 0.05) is 24.3 Å². The highest BCUT2D eigenvalue weighted by Crippen LogP contribution is 2.42. The maximum atomic E-state index is 13.7. The highest BCUT2D eigenvalue weighted by atomic mass is 32.1. The van der Waals surface area contributed by atoms with E-state index < -0.39 is 0 Å². The predicted molar refractivity (Wildman–Crippen MR) is 124 cm³/mol. The summed E-state index contributed by atoms with van der Waals surface area (Å²) in [6, 6.07) is 6.18. The summed E-state index contributed by atoms with van der Waals surface area (Å²) in [4.78, 5) is 27.1. The Bertz CT molecular complexity index is 1220. The zero-order valence-electron chi connectivity index (χ0n) is 18.5. The van der Waals surface area contributed by atoms with Gasteiger partial charge in [-0.05, 0) is 62.8 Å². The van der Waals surface area contributed by atoms with Gasteiger partial charge in [0.2, 0.25) is 0 Å². The Hall–Kier alpha value is -2.67. The lowest BCUT2D eigenvalue weighted by Crippen LogP contribution is -2.30. The van der Waals surface area contributed by atoms with E-state index in [1.165, 1.54) is 24.2 Å². The van der Waals surface area contributed by atoms with Crippen LogP contribution in [0.3, 0.4) is 0 Å². The number of aromatic nitrogens is 2. The quantitative estimate of drug-likeness (QED) is 0.541. The molecule has 4 heterocycles. The van der Waals surface area contributed by atoms with Crippen LogP contribution in [0.15, 0.2) is 18.2 Å². The third kappa shape index (κ3) is 3.34. The number of carbonyl (C=O) groups excluding carboxylic acids is 1. The lowest BCUT2D eigenvalue weighted by molar-refractivity contribution is 0.0740. The first-order valence-electron chi connectivity index (χ1n) is 11.6. The summed E-state index contributed by atoms with van der Waals surface area (Å²) in [5, 5.41) is 1.05. The topological polar surface area (TPSA) is 64.6 Å². The lowest BCUT2D eigenvalue weighted by Gasteiger charge is -2.25. The second-order valence-corrected chi connectivity index (χ2v) is 10.1. The molecule has 2 aliphatic heterocycles. The molecule has 0 bridgehead atoms. The van der Waals surface area contributed by atoms with E-state index >= 15 is 0 Å². The van der Waals surface area contributed by atoms with Gasteiger partial charge in [-0.15, -0.1) is 11.3 Å². The highest BCUT2D eigenvalue weighted by molar-refractivity contribution is 7.20. The number of fused-ring (bicyclic) bond motifs is 2. The number of rotatable bonds is 3. The fourth-order valence-electron chi connectivity index (χ4n) is 4.96. The molecule has 7 heteroatoms. The molecule has 1 unspecified atom stereocenters. The predicted octanol–water partition coefficient (Wildman–Crippen LogP) is 5.32. The smallest absolute Gasteiger partial charge is 0.264 e. The summed E-state index contributed by atoms with van der Waals surface area (Å²) in [5.74, 6) is 3.13. The largest absolute Gasteiger partial charge is 0.490 e. The van der Waals surface area contributed by atoms with E-state index in [0.717, 1.165) is 75.0 Å². The summed E-state index contributed by atoms with van der Waals surface area (Å²) in [6.45, 7) is 6.19. The van der Waals surface area contributed by atoms with Gasteiger partial charge in [0.05, 0.1) is 29.8 Å². The van der Waals surface area contributed by atoms with Crippen LogP contribution >= 0.6 is 11.3 Å². The summed E-state index contributed by atoms with van der Waals surface area (Å²) >= 11 is 1.53. The van der Waals surface area contributed by atoms with Crippen molar-refractivity contribution >= 4 is 27.5 Å². The van der Waals surface area contributed by atoms with E-state index in [0.29, 0.717) is 19.1 Å². The number of thiophene rings is 1. The summed E-state index contributed by atoms with van der Waals surface area (Å²) < 4.78 is 11.7. The first-order valence-corrected chi connectivity index (χ1v) is 12.4. The van der Waals surface area contributed by atoms with Crippen LogP contribution in [0.25, 0.3) is 10.2 Å². The van der Waals surface area contributed by atoms with Crippen molar-refractivity contribution in [1.29, 1.82) is 0 Å². The van der Waals surface area contributed by atoms with E-state index in [1.807, 2.05) is 24.8 Å². The van der Waals surface area contributed by atoms with Crippen molar-refractivity contribution < 1.29 is 14.3 Å². The van der Waals surface area contributed by atoms with Crippen molar-refractivity contribution in [3.05, 3.63) is 45.7 Å². The molecule has 3 aromatic rings. The van der Waals surface area contributed by atoms with Crippen molar-refractivity contribution in [2.75, 3.05) is 19.8 Å². The number of ether oxygens (including phenoxy) is 2. The first kappa shape index (κ1) is 20.0. The van der Waals surface area contributed by atoms with Gasteiger partial charge >= 0.3 is 0 Å². The number of carbonyl (C=O) groups is 1. The number of benzene rings is 1. The molecule has 1 saturated heterocycles. The number of hydrogen-bond acceptors (Lipinski definition) is 6. The fourth-order valence-corrected chi connectivity index (χ4v) is 6.16. The third-order valence-electron chi connectivity index (χ3n) is 6.80. The van der Waals surface area contributed by atoms with Crippen LogP contribution in [-0.4, -0.2) is 40.5 Å². The Labute approximate surface area is 191 Å². The van der Waals surface area contributed by atoms with Gasteiger partial charge in [0.15, 0.2) is 11.5 Å². The van der Waals surface area contributed by atoms with Gasteiger partial charge in [0.25, 0.3) is 5.91 Å². The molecule has 0 radical (unpaired) electrons. The molecule has 2 fully saturated rings. The van der Waals surface area contributed by atoms with Crippen molar-refractivity contribution in [3.8, 4) is 11.5 Å². The third-order valence-corrected chi connectivity index (χ3v) is 7.97. The number of amides is 1. The van der Waals surface area contributed by atoms with Gasteiger partial charge < -0.3 is 14.4 Å². The Kier molecular flexibility index (Phi) is 4.82. The standard InChI is InChI=1S/C25H27N3O3S/c1-14-21-15(2)26-23(16-6-7-16)27-24(21)32-22(14)25(29)28-10-3-5-18(28)17-8-9-19-20(13-17)31-12-4-11-30-19/h8-9,13,16,18H,3-7,10-12H2,1-2H3. The van der Waals surface area contributed by atoms with Crippen LogP contribution in [0.4, 0.5) is 0 Å². The molecule has 166 valence electrons. The second-order valence-electron chi connectivity index (χ2n) is 9.09. The summed E-state index contributed by atoms with van der Waals surface area (Å²) in [6.07, 6.45) is 5.19. The molecule has 1 aliphatic carbocycles. The van der Waals surface area contributed by atoms with Gasteiger partial charge in [0.1, 0.15) is 10.7 Å². The Morgan fingerprint density at radius 3 is 2.69 bits per heavy atom. The molecule has 3 aliphatic rings. The zero-order chi connectivity index (χ0) is 21.8. The van der Waals surface area contributed by atoms with Gasteiger partial charge in [-0.3, -0.25) is 4.79 Å². The minimum atomic E-state index is 0.0541. The van der Waals surface area contributed by atoms with E-state index in [1.54, 1.807) is 0 Å². The monoisotopic (exact) mass is 449 g/mol. The average Bonchev–Trinajstić information content (AvgIpc) is 3.49. The SMILES string of the molecule is Cc1nc(C2CC2)nc2sc(C(=O)N3CCCC3c3ccc4c(c3)OCCCO4)c(C)c12. The van der Waals surface area contributed by atoms with Crippen LogP contribution in [0.5, 0.6) is 11.5 Å². The number of likely N-dealkylation sites (tertiary alicyclic amines) is 1. The summed E-state index contributed by atoms with van der Waals surface area (Å²) in [5.41, 5.74) is 3.12. The average molecular weight is 450 g/mol. The fraction of sp³-hybridized carbons (Fsp3) is 0.480. The molecule has 1 atom stereocenters. The van der Waals surface area contributed by atoms with Crippen LogP contribution in [0, 0.1) is 13.8 Å². The van der Waals surface area contributed by atoms with E-state index in [-0.39, 0.29) is 11.9 Å². The van der Waals surface area contributed by atoms with Crippen molar-refractivity contribution in [3.63, 3.8) is 0 Å². The maximum absolute atomic E-state index is 13.7. The van der Waals surface area contributed by atoms with E-state index in [4.69, 9.17) is 19.4 Å². The lowest BCUT2D eigenvalue weighted by atomic mass is 10.0. The van der Waals surface area contributed by atoms with Gasteiger partial charge in [-0.2, -0.15) is 0 Å². The highest BCUT2D eigenvalue weighted by Gasteiger charge is 2.34. The molecule has 6 nitrogen and oxygen atoms in total. The van der Waals surface area contributed by atoms with Crippen molar-refractivity contribution in [2.45, 2.75) is 57.9 Å². The molecule has 1 aromatic carbocycles. The van der Waals surface area contributed by atoms with E-state index in [9.17, 15) is 4.79 Å². The Balaban J connectivity index is 1.34. The molecule has 1 amide bonds. The number of nitrogens with zero attached hydrogens (tertiary/aromatic N) is 3. The van der Waals surface area contributed by atoms with E-state index in [2.05, 4.69) is 12.1 Å². The molecule has 6 rings (SSSR count). The number of hydrogen-bond donors (Lipinski definition) is 0. The molecular weight excluding hydrogens is 422 g/mol. The van der Waals surface area contributed by atoms with Crippen LogP contribution in [0.2, 0.25) is 0 Å². The molecule has 0 spiro atoms. The van der Waals surface area contributed by atoms with Gasteiger partial charge in [-0.1, -0.05) is 6.07 Å². The van der Waals surface area contributed by atoms with Crippen molar-refractivity contribution in [1.82, 2.24) is 14.9 Å². The molecular formula is C25H27N3O3S. The maximum Gasteiger partial charge on any atom is 0.264 e. The normalized spacial score (nSPS) is 20.6. The van der Waals surface area contributed by atoms with Crippen LogP contribution < -0.4 is 9.47 Å². The molecule has 1 saturated carbocycles. The minimum Gasteiger partial charge on any atom is -0.490 e. The van der Waals surface area contributed by atoms with Crippen LogP contribution in [-0.2, 0) is 0 Å². The molecule has 2 aromatic heterocycles. The molecule has 32 heavy (non-hydrogen) atoms.